The quantitative estimate of drug-likeness (QED) is 0.540. The van der Waals surface area contributed by atoms with Crippen LogP contribution in [0, 0.1) is 11.8 Å². The van der Waals surface area contributed by atoms with E-state index in [4.69, 9.17) is 0 Å². The summed E-state index contributed by atoms with van der Waals surface area (Å²) in [5.74, 6) is 0.525. The first-order valence-corrected chi connectivity index (χ1v) is 13.0. The van der Waals surface area contributed by atoms with Crippen LogP contribution in [0.15, 0.2) is 35.2 Å². The van der Waals surface area contributed by atoms with Crippen molar-refractivity contribution in [3.8, 4) is 0 Å². The minimum atomic E-state index is -3.49. The first kappa shape index (κ1) is 26.1. The van der Waals surface area contributed by atoms with Gasteiger partial charge in [-0.25, -0.2) is 8.42 Å². The summed E-state index contributed by atoms with van der Waals surface area (Å²) >= 11 is 0. The van der Waals surface area contributed by atoms with E-state index >= 15 is 0 Å². The predicted molar refractivity (Wildman–Crippen MR) is 127 cm³/mol. The van der Waals surface area contributed by atoms with Gasteiger partial charge in [0.05, 0.1) is 4.90 Å². The summed E-state index contributed by atoms with van der Waals surface area (Å²) in [6.45, 7) is 10.6. The molecular formula is C24H37N3O4S. The van der Waals surface area contributed by atoms with E-state index in [0.29, 0.717) is 51.5 Å². The zero-order valence-corrected chi connectivity index (χ0v) is 20.5. The molecule has 1 aromatic rings. The van der Waals surface area contributed by atoms with Crippen LogP contribution in [0.1, 0.15) is 52.5 Å². The molecule has 1 aliphatic heterocycles. The number of nitrogens with one attached hydrogen (secondary N) is 1. The Labute approximate surface area is 192 Å². The topological polar surface area (TPSA) is 86.8 Å². The maximum absolute atomic E-state index is 12.6. The van der Waals surface area contributed by atoms with Gasteiger partial charge in [-0.3, -0.25) is 9.59 Å². The summed E-state index contributed by atoms with van der Waals surface area (Å²) in [6.07, 6.45) is 5.52. The van der Waals surface area contributed by atoms with Crippen LogP contribution in [0.2, 0.25) is 0 Å². The molecule has 0 bridgehead atoms. The fourth-order valence-corrected chi connectivity index (χ4v) is 5.18. The lowest BCUT2D eigenvalue weighted by Gasteiger charge is -2.30. The number of carbonyl (C=O) groups excluding carboxylic acids is 2. The van der Waals surface area contributed by atoms with E-state index in [1.54, 1.807) is 35.2 Å². The highest BCUT2D eigenvalue weighted by Crippen LogP contribution is 2.19. The Balaban J connectivity index is 1.87. The molecule has 0 spiro atoms. The van der Waals surface area contributed by atoms with Gasteiger partial charge < -0.3 is 10.2 Å². The highest BCUT2D eigenvalue weighted by Gasteiger charge is 2.26. The number of nitrogens with zero attached hydrogens (tertiary/aromatic N) is 2. The highest BCUT2D eigenvalue weighted by atomic mass is 32.2. The van der Waals surface area contributed by atoms with Gasteiger partial charge in [-0.1, -0.05) is 39.8 Å². The SMILES string of the molecule is CCN(CC)S(=O)(=O)c1ccc(/C=C/C(=O)N2CCC(C(=O)NCCC(C)C)CC2)cc1. The van der Waals surface area contributed by atoms with Crippen molar-refractivity contribution in [1.82, 2.24) is 14.5 Å². The minimum absolute atomic E-state index is 0.0320. The molecule has 7 nitrogen and oxygen atoms in total. The summed E-state index contributed by atoms with van der Waals surface area (Å²) in [4.78, 5) is 26.8. The van der Waals surface area contributed by atoms with Gasteiger partial charge in [0.15, 0.2) is 0 Å². The van der Waals surface area contributed by atoms with Crippen molar-refractivity contribution in [2.75, 3.05) is 32.7 Å². The van der Waals surface area contributed by atoms with Gasteiger partial charge in [0.2, 0.25) is 21.8 Å². The molecule has 2 amide bonds. The second kappa shape index (κ2) is 12.2. The van der Waals surface area contributed by atoms with E-state index in [9.17, 15) is 18.0 Å². The lowest BCUT2D eigenvalue weighted by Crippen LogP contribution is -2.42. The van der Waals surface area contributed by atoms with Gasteiger partial charge >= 0.3 is 0 Å². The van der Waals surface area contributed by atoms with Crippen molar-refractivity contribution >= 4 is 27.9 Å². The maximum atomic E-state index is 12.6. The molecule has 0 aliphatic carbocycles. The number of benzene rings is 1. The Bertz CT molecular complexity index is 882. The van der Waals surface area contributed by atoms with Crippen LogP contribution in [0.3, 0.4) is 0 Å². The summed E-state index contributed by atoms with van der Waals surface area (Å²) < 4.78 is 26.5. The third-order valence-corrected chi connectivity index (χ3v) is 7.90. The Hall–Kier alpha value is -2.19. The lowest BCUT2D eigenvalue weighted by atomic mass is 9.95. The third-order valence-electron chi connectivity index (χ3n) is 5.84. The predicted octanol–water partition coefficient (Wildman–Crippen LogP) is 3.13. The average molecular weight is 464 g/mol. The van der Waals surface area contributed by atoms with Crippen molar-refractivity contribution in [2.45, 2.75) is 51.9 Å². The molecule has 0 saturated carbocycles. The lowest BCUT2D eigenvalue weighted by molar-refractivity contribution is -0.132. The number of carbonyl (C=O) groups is 2. The molecule has 2 rings (SSSR count). The zero-order valence-electron chi connectivity index (χ0n) is 19.7. The first-order chi connectivity index (χ1) is 15.2. The van der Waals surface area contributed by atoms with Gasteiger partial charge in [-0.15, -0.1) is 0 Å². The van der Waals surface area contributed by atoms with E-state index in [-0.39, 0.29) is 22.6 Å². The van der Waals surface area contributed by atoms with Crippen LogP contribution in [-0.4, -0.2) is 62.2 Å². The Morgan fingerprint density at radius 1 is 1.12 bits per heavy atom. The van der Waals surface area contributed by atoms with Crippen LogP contribution in [-0.2, 0) is 19.6 Å². The molecule has 1 aliphatic rings. The minimum Gasteiger partial charge on any atom is -0.356 e. The van der Waals surface area contributed by atoms with E-state index in [1.807, 2.05) is 13.8 Å². The zero-order chi connectivity index (χ0) is 23.7. The number of sulfonamides is 1. The molecule has 0 aromatic heterocycles. The van der Waals surface area contributed by atoms with E-state index in [1.165, 1.54) is 10.4 Å². The van der Waals surface area contributed by atoms with Crippen LogP contribution in [0.4, 0.5) is 0 Å². The summed E-state index contributed by atoms with van der Waals surface area (Å²) in [6, 6.07) is 6.55. The Morgan fingerprint density at radius 2 is 1.72 bits per heavy atom. The molecule has 0 unspecified atom stereocenters. The number of amides is 2. The smallest absolute Gasteiger partial charge is 0.246 e. The van der Waals surface area contributed by atoms with Crippen molar-refractivity contribution in [1.29, 1.82) is 0 Å². The number of hydrogen-bond acceptors (Lipinski definition) is 4. The molecule has 8 heteroatoms. The average Bonchev–Trinajstić information content (AvgIpc) is 2.78. The molecule has 178 valence electrons. The van der Waals surface area contributed by atoms with Crippen molar-refractivity contribution < 1.29 is 18.0 Å². The molecule has 1 fully saturated rings. The van der Waals surface area contributed by atoms with Crippen LogP contribution in [0.25, 0.3) is 6.08 Å². The number of likely N-dealkylation sites (tertiary alicyclic amines) is 1. The fourth-order valence-electron chi connectivity index (χ4n) is 3.73. The molecule has 0 radical (unpaired) electrons. The standard InChI is InChI=1S/C24H37N3O4S/c1-5-27(6-2)32(30,31)22-10-7-20(8-11-22)9-12-23(28)26-17-14-21(15-18-26)24(29)25-16-13-19(3)4/h7-12,19,21H,5-6,13-18H2,1-4H3,(H,25,29)/b12-9+. The van der Waals surface area contributed by atoms with Gasteiger partial charge in [-0.2, -0.15) is 4.31 Å². The summed E-state index contributed by atoms with van der Waals surface area (Å²) in [5, 5.41) is 3.00. The molecule has 1 N–H and O–H groups in total. The second-order valence-corrected chi connectivity index (χ2v) is 10.5. The Kier molecular flexibility index (Phi) is 9.90. The third kappa shape index (κ3) is 7.17. The fraction of sp³-hybridized carbons (Fsp3) is 0.583. The molecule has 0 atom stereocenters. The highest BCUT2D eigenvalue weighted by molar-refractivity contribution is 7.89. The van der Waals surface area contributed by atoms with Crippen molar-refractivity contribution in [2.24, 2.45) is 11.8 Å². The summed E-state index contributed by atoms with van der Waals surface area (Å²) in [7, 11) is -3.49. The van der Waals surface area contributed by atoms with Crippen LogP contribution in [0.5, 0.6) is 0 Å². The number of piperidine rings is 1. The molecule has 32 heavy (non-hydrogen) atoms. The van der Waals surface area contributed by atoms with Crippen molar-refractivity contribution in [3.05, 3.63) is 35.9 Å². The van der Waals surface area contributed by atoms with E-state index in [2.05, 4.69) is 19.2 Å². The normalized spacial score (nSPS) is 15.6. The van der Waals surface area contributed by atoms with E-state index < -0.39 is 10.0 Å². The molecular weight excluding hydrogens is 426 g/mol. The van der Waals surface area contributed by atoms with Crippen LogP contribution >= 0.6 is 0 Å². The molecule has 1 saturated heterocycles. The van der Waals surface area contributed by atoms with Crippen molar-refractivity contribution in [3.63, 3.8) is 0 Å². The second-order valence-electron chi connectivity index (χ2n) is 8.56. The number of rotatable bonds is 10. The molecule has 1 heterocycles. The Morgan fingerprint density at radius 3 is 2.25 bits per heavy atom. The van der Waals surface area contributed by atoms with Gasteiger partial charge in [-0.05, 0) is 49.0 Å². The van der Waals surface area contributed by atoms with E-state index in [0.717, 1.165) is 12.0 Å². The maximum Gasteiger partial charge on any atom is 0.246 e. The summed E-state index contributed by atoms with van der Waals surface area (Å²) in [5.41, 5.74) is 0.760. The van der Waals surface area contributed by atoms with Crippen LogP contribution < -0.4 is 5.32 Å². The van der Waals surface area contributed by atoms with Gasteiger partial charge in [0.25, 0.3) is 0 Å². The van der Waals surface area contributed by atoms with Gasteiger partial charge in [0.1, 0.15) is 0 Å². The van der Waals surface area contributed by atoms with Gasteiger partial charge in [0, 0.05) is 44.7 Å². The largest absolute Gasteiger partial charge is 0.356 e. The monoisotopic (exact) mass is 463 g/mol. The number of hydrogen-bond donors (Lipinski definition) is 1. The first-order valence-electron chi connectivity index (χ1n) is 11.5. The molecule has 1 aromatic carbocycles.